The number of benzene rings is 2. The minimum Gasteiger partial charge on any atom is -0.497 e. The summed E-state index contributed by atoms with van der Waals surface area (Å²) in [6.07, 6.45) is 1.62. The van der Waals surface area contributed by atoms with Gasteiger partial charge in [0.25, 0.3) is 0 Å². The number of nitrogens with zero attached hydrogens (tertiary/aromatic N) is 1. The fraction of sp³-hybridized carbons (Fsp3) is 0.350. The highest BCUT2D eigenvalue weighted by atomic mass is 79.9. The summed E-state index contributed by atoms with van der Waals surface area (Å²) in [4.78, 5) is 14.9. The van der Waals surface area contributed by atoms with E-state index in [9.17, 15) is 4.79 Å². The number of halogens is 1. The van der Waals surface area contributed by atoms with E-state index in [-0.39, 0.29) is 17.9 Å². The lowest BCUT2D eigenvalue weighted by Gasteiger charge is -2.41. The molecule has 0 bridgehead atoms. The Hall–Kier alpha value is -2.01. The monoisotopic (exact) mass is 401 g/mol. The van der Waals surface area contributed by atoms with Crippen molar-refractivity contribution in [2.75, 3.05) is 13.7 Å². The summed E-state index contributed by atoms with van der Waals surface area (Å²) in [6.45, 7) is 1.37. The van der Waals surface area contributed by atoms with E-state index in [1.807, 2.05) is 41.3 Å². The maximum Gasteiger partial charge on any atom is 0.230 e. The quantitative estimate of drug-likeness (QED) is 0.784. The minimum atomic E-state index is -0.0891. The zero-order chi connectivity index (χ0) is 17.4. The molecule has 2 unspecified atom stereocenters. The Kier molecular flexibility index (Phi) is 4.42. The second-order valence-corrected chi connectivity index (χ2v) is 7.53. The van der Waals surface area contributed by atoms with Gasteiger partial charge in [0.2, 0.25) is 5.91 Å². The molecule has 0 spiro atoms. The van der Waals surface area contributed by atoms with E-state index < -0.39 is 0 Å². The molecule has 2 aromatic carbocycles. The number of ether oxygens (including phenoxy) is 2. The van der Waals surface area contributed by atoms with Crippen LogP contribution in [0.15, 0.2) is 46.9 Å². The molecule has 0 saturated carbocycles. The highest BCUT2D eigenvalue weighted by Crippen LogP contribution is 2.37. The average Bonchev–Trinajstić information content (AvgIpc) is 2.63. The highest BCUT2D eigenvalue weighted by molar-refractivity contribution is 9.10. The Morgan fingerprint density at radius 2 is 2.04 bits per heavy atom. The highest BCUT2D eigenvalue weighted by Gasteiger charge is 2.41. The zero-order valence-electron chi connectivity index (χ0n) is 14.1. The minimum absolute atomic E-state index is 0.00621. The molecule has 5 heteroatoms. The van der Waals surface area contributed by atoms with Crippen LogP contribution in [0.5, 0.6) is 11.5 Å². The van der Waals surface area contributed by atoms with Crippen molar-refractivity contribution in [1.82, 2.24) is 4.90 Å². The molecule has 0 N–H and O–H groups in total. The van der Waals surface area contributed by atoms with Crippen molar-refractivity contribution in [3.05, 3.63) is 58.1 Å². The van der Waals surface area contributed by atoms with Gasteiger partial charge in [0.15, 0.2) is 0 Å². The summed E-state index contributed by atoms with van der Waals surface area (Å²) in [5, 5.41) is 0. The fourth-order valence-corrected chi connectivity index (χ4v) is 4.09. The van der Waals surface area contributed by atoms with Gasteiger partial charge in [-0.2, -0.15) is 0 Å². The predicted octanol–water partition coefficient (Wildman–Crippen LogP) is 3.81. The largest absolute Gasteiger partial charge is 0.497 e. The Morgan fingerprint density at radius 1 is 1.24 bits per heavy atom. The Morgan fingerprint density at radius 3 is 2.80 bits per heavy atom. The normalized spacial score (nSPS) is 22.0. The molecule has 4 nitrogen and oxygen atoms in total. The topological polar surface area (TPSA) is 38.8 Å². The van der Waals surface area contributed by atoms with Gasteiger partial charge in [-0.15, -0.1) is 0 Å². The number of hydrogen-bond donors (Lipinski definition) is 0. The number of rotatable bonds is 3. The third kappa shape index (κ3) is 3.25. The first kappa shape index (κ1) is 16.5. The van der Waals surface area contributed by atoms with Gasteiger partial charge in [0.1, 0.15) is 17.6 Å². The summed E-state index contributed by atoms with van der Waals surface area (Å²) in [5.74, 6) is 1.85. The molecule has 2 aliphatic heterocycles. The van der Waals surface area contributed by atoms with Crippen LogP contribution in [0.1, 0.15) is 17.5 Å². The number of piperidine rings is 1. The molecule has 4 rings (SSSR count). The van der Waals surface area contributed by atoms with E-state index in [0.717, 1.165) is 46.5 Å². The van der Waals surface area contributed by atoms with E-state index in [4.69, 9.17) is 9.47 Å². The maximum atomic E-state index is 13.0. The van der Waals surface area contributed by atoms with Crippen LogP contribution in [0.4, 0.5) is 0 Å². The third-order valence-electron chi connectivity index (χ3n) is 5.03. The number of fused-ring (bicyclic) bond motifs is 2. The van der Waals surface area contributed by atoms with Gasteiger partial charge in [-0.3, -0.25) is 4.79 Å². The lowest BCUT2D eigenvalue weighted by atomic mass is 9.85. The molecule has 0 aromatic heterocycles. The molecule has 2 atom stereocenters. The zero-order valence-corrected chi connectivity index (χ0v) is 15.7. The van der Waals surface area contributed by atoms with Crippen molar-refractivity contribution in [2.24, 2.45) is 5.92 Å². The predicted molar refractivity (Wildman–Crippen MR) is 98.8 cm³/mol. The first-order valence-corrected chi connectivity index (χ1v) is 9.30. The van der Waals surface area contributed by atoms with Gasteiger partial charge in [0, 0.05) is 24.0 Å². The number of amides is 1. The maximum absolute atomic E-state index is 13.0. The number of likely N-dealkylation sites (tertiary alicyclic amines) is 1. The first-order chi connectivity index (χ1) is 12.1. The molecule has 130 valence electrons. The summed E-state index contributed by atoms with van der Waals surface area (Å²) in [5.41, 5.74) is 2.22. The van der Waals surface area contributed by atoms with Crippen LogP contribution in [-0.2, 0) is 17.8 Å². The lowest BCUT2D eigenvalue weighted by Crippen LogP contribution is -2.51. The van der Waals surface area contributed by atoms with Crippen LogP contribution in [0.3, 0.4) is 0 Å². The van der Waals surface area contributed by atoms with Crippen molar-refractivity contribution < 1.29 is 14.3 Å². The number of carbonyl (C=O) groups is 1. The Labute approximate surface area is 155 Å². The fourth-order valence-electron chi connectivity index (χ4n) is 3.68. The van der Waals surface area contributed by atoms with Crippen LogP contribution in [0.25, 0.3) is 0 Å². The van der Waals surface area contributed by atoms with Gasteiger partial charge in [0.05, 0.1) is 13.0 Å². The van der Waals surface area contributed by atoms with Crippen molar-refractivity contribution in [3.8, 4) is 11.5 Å². The van der Waals surface area contributed by atoms with Crippen molar-refractivity contribution in [2.45, 2.75) is 25.5 Å². The smallest absolute Gasteiger partial charge is 0.230 e. The van der Waals surface area contributed by atoms with Crippen LogP contribution in [0, 0.1) is 5.92 Å². The van der Waals surface area contributed by atoms with Crippen LogP contribution >= 0.6 is 15.9 Å². The van der Waals surface area contributed by atoms with Crippen molar-refractivity contribution in [3.63, 3.8) is 0 Å². The lowest BCUT2D eigenvalue weighted by molar-refractivity contribution is -0.145. The van der Waals surface area contributed by atoms with E-state index in [0.29, 0.717) is 6.54 Å². The Bertz CT molecular complexity index is 790. The summed E-state index contributed by atoms with van der Waals surface area (Å²) in [6, 6.07) is 13.9. The van der Waals surface area contributed by atoms with Crippen LogP contribution in [0.2, 0.25) is 0 Å². The van der Waals surface area contributed by atoms with Crippen molar-refractivity contribution in [1.29, 1.82) is 0 Å². The molecule has 1 saturated heterocycles. The molecule has 0 aliphatic carbocycles. The molecular weight excluding hydrogens is 382 g/mol. The third-order valence-corrected chi connectivity index (χ3v) is 5.53. The first-order valence-electron chi connectivity index (χ1n) is 8.51. The number of hydrogen-bond acceptors (Lipinski definition) is 3. The standard InChI is InChI=1S/C20H20BrNO3/c1-24-16-5-2-13(3-6-16)12-22-9-8-19-17(20(22)23)11-14-10-15(21)4-7-18(14)25-19/h2-7,10,17,19H,8-9,11-12H2,1H3. The van der Waals surface area contributed by atoms with E-state index in [2.05, 4.69) is 22.0 Å². The molecule has 25 heavy (non-hydrogen) atoms. The van der Waals surface area contributed by atoms with Crippen molar-refractivity contribution >= 4 is 21.8 Å². The molecule has 2 aromatic rings. The molecule has 2 heterocycles. The second kappa shape index (κ2) is 6.71. The van der Waals surface area contributed by atoms with Crippen LogP contribution < -0.4 is 9.47 Å². The molecule has 0 radical (unpaired) electrons. The van der Waals surface area contributed by atoms with Gasteiger partial charge >= 0.3 is 0 Å². The molecular formula is C20H20BrNO3. The van der Waals surface area contributed by atoms with Gasteiger partial charge in [-0.1, -0.05) is 28.1 Å². The second-order valence-electron chi connectivity index (χ2n) is 6.62. The SMILES string of the molecule is COc1ccc(CN2CCC3Oc4ccc(Br)cc4CC3C2=O)cc1. The molecule has 1 amide bonds. The summed E-state index contributed by atoms with van der Waals surface area (Å²) in [7, 11) is 1.66. The van der Waals surface area contributed by atoms with Crippen LogP contribution in [-0.4, -0.2) is 30.6 Å². The molecule has 2 aliphatic rings. The van der Waals surface area contributed by atoms with E-state index in [1.165, 1.54) is 0 Å². The summed E-state index contributed by atoms with van der Waals surface area (Å²) < 4.78 is 12.3. The van der Waals surface area contributed by atoms with E-state index in [1.54, 1.807) is 7.11 Å². The van der Waals surface area contributed by atoms with Gasteiger partial charge < -0.3 is 14.4 Å². The molecule has 1 fully saturated rings. The van der Waals surface area contributed by atoms with E-state index >= 15 is 0 Å². The number of carbonyl (C=O) groups excluding carboxylic acids is 1. The van der Waals surface area contributed by atoms with Gasteiger partial charge in [-0.05, 0) is 47.9 Å². The average molecular weight is 402 g/mol. The van der Waals surface area contributed by atoms with Gasteiger partial charge in [-0.25, -0.2) is 0 Å². The Balaban J connectivity index is 1.50. The number of methoxy groups -OCH3 is 1. The summed E-state index contributed by atoms with van der Waals surface area (Å²) >= 11 is 3.50.